The normalized spacial score (nSPS) is 12.1. The number of anilines is 3. The molecule has 0 spiro atoms. The lowest BCUT2D eigenvalue weighted by molar-refractivity contribution is 0.411. The molecule has 0 aliphatic carbocycles. The summed E-state index contributed by atoms with van der Waals surface area (Å²) in [5, 5.41) is 0. The van der Waals surface area contributed by atoms with Crippen LogP contribution in [0.1, 0.15) is 58.2 Å². The molecule has 0 saturated heterocycles. The lowest BCUT2D eigenvalue weighted by atomic mass is 9.88. The average molecular weight is 400 g/mol. The maximum Gasteiger partial charge on any atom is 0.0461 e. The first-order valence-corrected chi connectivity index (χ1v) is 11.0. The van der Waals surface area contributed by atoms with Crippen molar-refractivity contribution < 1.29 is 0 Å². The number of nitrogens with zero attached hydrogens (tertiary/aromatic N) is 1. The molecule has 1 heteroatoms. The van der Waals surface area contributed by atoms with Crippen LogP contribution in [-0.4, -0.2) is 0 Å². The van der Waals surface area contributed by atoms with E-state index in [9.17, 15) is 0 Å². The highest BCUT2D eigenvalue weighted by Gasteiger charge is 2.16. The first-order valence-electron chi connectivity index (χ1n) is 11.0. The predicted octanol–water partition coefficient (Wildman–Crippen LogP) is 8.64. The summed E-state index contributed by atoms with van der Waals surface area (Å²) in [7, 11) is 0. The number of aryl methyl sites for hydroxylation is 1. The van der Waals surface area contributed by atoms with E-state index in [1.807, 2.05) is 0 Å². The van der Waals surface area contributed by atoms with E-state index >= 15 is 0 Å². The zero-order valence-electron chi connectivity index (χ0n) is 19.8. The Bertz CT molecular complexity index is 874. The van der Waals surface area contributed by atoms with Crippen LogP contribution in [0.5, 0.6) is 0 Å². The van der Waals surface area contributed by atoms with E-state index in [2.05, 4.69) is 126 Å². The molecule has 3 rings (SSSR count). The minimum atomic E-state index is 0.293. The zero-order valence-corrected chi connectivity index (χ0v) is 19.8. The van der Waals surface area contributed by atoms with Gasteiger partial charge < -0.3 is 4.90 Å². The van der Waals surface area contributed by atoms with Gasteiger partial charge in [0.15, 0.2) is 0 Å². The Morgan fingerprint density at radius 3 is 1.10 bits per heavy atom. The Balaban J connectivity index is 1.96. The molecule has 0 unspecified atom stereocenters. The van der Waals surface area contributed by atoms with Gasteiger partial charge in [-0.3, -0.25) is 0 Å². The summed E-state index contributed by atoms with van der Waals surface area (Å²) in [6.07, 6.45) is 2.17. The molecule has 0 bridgehead atoms. The van der Waals surface area contributed by atoms with Crippen LogP contribution in [0.3, 0.4) is 0 Å². The van der Waals surface area contributed by atoms with E-state index in [-0.39, 0.29) is 0 Å². The fourth-order valence-corrected chi connectivity index (χ4v) is 3.89. The number of benzene rings is 3. The van der Waals surface area contributed by atoms with Gasteiger partial charge >= 0.3 is 0 Å². The van der Waals surface area contributed by atoms with Gasteiger partial charge in [-0.15, -0.1) is 0 Å². The molecule has 0 radical (unpaired) electrons. The predicted molar refractivity (Wildman–Crippen MR) is 132 cm³/mol. The molecule has 0 fully saturated rings. The van der Waals surface area contributed by atoms with Crippen molar-refractivity contribution in [2.24, 2.45) is 10.8 Å². The Kier molecular flexibility index (Phi) is 6.41. The fraction of sp³-hybridized carbons (Fsp3) is 0.379. The largest absolute Gasteiger partial charge is 0.311 e. The highest BCUT2D eigenvalue weighted by molar-refractivity contribution is 5.76. The summed E-state index contributed by atoms with van der Waals surface area (Å²) >= 11 is 0. The van der Waals surface area contributed by atoms with Crippen LogP contribution in [0.2, 0.25) is 0 Å². The monoisotopic (exact) mass is 399 g/mol. The van der Waals surface area contributed by atoms with E-state index in [1.54, 1.807) is 0 Å². The van der Waals surface area contributed by atoms with Gasteiger partial charge in [-0.05, 0) is 78.1 Å². The van der Waals surface area contributed by atoms with Crippen LogP contribution in [0.4, 0.5) is 17.1 Å². The molecular weight excluding hydrogens is 362 g/mol. The van der Waals surface area contributed by atoms with E-state index in [0.717, 1.165) is 12.8 Å². The quantitative estimate of drug-likeness (QED) is 0.415. The third-order valence-corrected chi connectivity index (χ3v) is 5.15. The highest BCUT2D eigenvalue weighted by Crippen LogP contribution is 2.35. The molecule has 158 valence electrons. The minimum Gasteiger partial charge on any atom is -0.311 e. The van der Waals surface area contributed by atoms with Crippen molar-refractivity contribution >= 4 is 17.1 Å². The maximum atomic E-state index is 2.35. The third-order valence-electron chi connectivity index (χ3n) is 5.15. The lowest BCUT2D eigenvalue weighted by Crippen LogP contribution is -2.12. The van der Waals surface area contributed by atoms with Crippen molar-refractivity contribution in [2.75, 3.05) is 4.90 Å². The molecule has 30 heavy (non-hydrogen) atoms. The highest BCUT2D eigenvalue weighted by atomic mass is 15.1. The van der Waals surface area contributed by atoms with Gasteiger partial charge in [-0.25, -0.2) is 0 Å². The van der Waals surface area contributed by atoms with Crippen molar-refractivity contribution in [3.63, 3.8) is 0 Å². The molecule has 1 nitrogen and oxygen atoms in total. The SMILES string of the molecule is Cc1ccc(N(c2ccc(CC(C)(C)C)cc2)c2ccc(CC(C)(C)C)cc2)cc1. The molecule has 0 aliphatic heterocycles. The summed E-state index contributed by atoms with van der Waals surface area (Å²) in [6.45, 7) is 15.9. The average Bonchev–Trinajstić information content (AvgIpc) is 2.64. The number of rotatable bonds is 5. The van der Waals surface area contributed by atoms with Crippen molar-refractivity contribution in [3.8, 4) is 0 Å². The van der Waals surface area contributed by atoms with Crippen LogP contribution in [0.25, 0.3) is 0 Å². The minimum absolute atomic E-state index is 0.293. The topological polar surface area (TPSA) is 3.24 Å². The molecule has 0 N–H and O–H groups in total. The summed E-state index contributed by atoms with van der Waals surface area (Å²) in [5.74, 6) is 0. The van der Waals surface area contributed by atoms with Crippen LogP contribution in [0.15, 0.2) is 72.8 Å². The van der Waals surface area contributed by atoms with Gasteiger partial charge in [-0.2, -0.15) is 0 Å². The molecule has 3 aromatic carbocycles. The molecule has 0 saturated carbocycles. The Morgan fingerprint density at radius 2 is 0.800 bits per heavy atom. The van der Waals surface area contributed by atoms with Crippen molar-refractivity contribution in [1.82, 2.24) is 0 Å². The van der Waals surface area contributed by atoms with Gasteiger partial charge in [0.2, 0.25) is 0 Å². The summed E-state index contributed by atoms with van der Waals surface area (Å²) in [5.41, 5.74) is 8.21. The van der Waals surface area contributed by atoms with E-state index < -0.39 is 0 Å². The van der Waals surface area contributed by atoms with Crippen LogP contribution in [-0.2, 0) is 12.8 Å². The lowest BCUT2D eigenvalue weighted by Gasteiger charge is -2.27. The van der Waals surface area contributed by atoms with E-state index in [0.29, 0.717) is 10.8 Å². The molecular formula is C29H37N. The van der Waals surface area contributed by atoms with Gasteiger partial charge in [0, 0.05) is 17.1 Å². The van der Waals surface area contributed by atoms with Gasteiger partial charge in [0.1, 0.15) is 0 Å². The summed E-state index contributed by atoms with van der Waals surface area (Å²) in [4.78, 5) is 2.35. The summed E-state index contributed by atoms with van der Waals surface area (Å²) in [6, 6.07) is 26.9. The standard InChI is InChI=1S/C29H37N/c1-22-8-14-25(15-9-22)30(26-16-10-23(11-17-26)20-28(2,3)4)27-18-12-24(13-19-27)21-29(5,6)7/h8-19H,20-21H2,1-7H3. The second-order valence-corrected chi connectivity index (χ2v) is 11.0. The molecule has 0 aliphatic rings. The van der Waals surface area contributed by atoms with E-state index in [1.165, 1.54) is 33.8 Å². The van der Waals surface area contributed by atoms with Crippen molar-refractivity contribution in [2.45, 2.75) is 61.3 Å². The van der Waals surface area contributed by atoms with E-state index in [4.69, 9.17) is 0 Å². The molecule has 0 atom stereocenters. The summed E-state index contributed by atoms with van der Waals surface area (Å²) < 4.78 is 0. The first-order chi connectivity index (χ1) is 14.0. The number of hydrogen-bond acceptors (Lipinski definition) is 1. The Morgan fingerprint density at radius 1 is 0.500 bits per heavy atom. The van der Waals surface area contributed by atoms with Crippen LogP contribution < -0.4 is 4.90 Å². The Labute approximate surface area is 183 Å². The van der Waals surface area contributed by atoms with Crippen molar-refractivity contribution in [1.29, 1.82) is 0 Å². The zero-order chi connectivity index (χ0) is 21.9. The van der Waals surface area contributed by atoms with Crippen LogP contribution >= 0.6 is 0 Å². The molecule has 0 heterocycles. The fourth-order valence-electron chi connectivity index (χ4n) is 3.89. The smallest absolute Gasteiger partial charge is 0.0461 e. The van der Waals surface area contributed by atoms with Gasteiger partial charge in [-0.1, -0.05) is 83.5 Å². The van der Waals surface area contributed by atoms with Gasteiger partial charge in [0.05, 0.1) is 0 Å². The molecule has 0 aromatic heterocycles. The Hall–Kier alpha value is -2.54. The number of hydrogen-bond donors (Lipinski definition) is 0. The van der Waals surface area contributed by atoms with Crippen LogP contribution in [0, 0.1) is 17.8 Å². The maximum absolute atomic E-state index is 2.35. The molecule has 0 amide bonds. The second kappa shape index (κ2) is 8.68. The molecule has 3 aromatic rings. The van der Waals surface area contributed by atoms with Gasteiger partial charge in [0.25, 0.3) is 0 Å². The second-order valence-electron chi connectivity index (χ2n) is 11.0. The third kappa shape index (κ3) is 6.23. The first kappa shape index (κ1) is 22.2. The van der Waals surface area contributed by atoms with Crippen molar-refractivity contribution in [3.05, 3.63) is 89.5 Å².